The van der Waals surface area contributed by atoms with Crippen LogP contribution in [-0.2, 0) is 6.42 Å². The second-order valence-electron chi connectivity index (χ2n) is 4.69. The molecule has 0 aromatic heterocycles. The summed E-state index contributed by atoms with van der Waals surface area (Å²) in [4.78, 5) is 0. The fourth-order valence-corrected chi connectivity index (χ4v) is 2.56. The molecule has 0 bridgehead atoms. The van der Waals surface area contributed by atoms with E-state index in [4.69, 9.17) is 23.2 Å². The molecule has 2 rings (SSSR count). The zero-order valence-corrected chi connectivity index (χ0v) is 11.7. The van der Waals surface area contributed by atoms with E-state index >= 15 is 0 Å². The average molecular weight is 270 g/mol. The molecule has 1 aliphatic carbocycles. The minimum absolute atomic E-state index is 0.490. The first kappa shape index (κ1) is 12.9. The van der Waals surface area contributed by atoms with Crippen LogP contribution in [0.1, 0.15) is 31.4 Å². The molecule has 1 aromatic carbocycles. The summed E-state index contributed by atoms with van der Waals surface area (Å²) in [7, 11) is 0. The number of hydrogen-bond donors (Lipinski definition) is 1. The van der Waals surface area contributed by atoms with Gasteiger partial charge in [0.05, 0.1) is 10.0 Å². The van der Waals surface area contributed by atoms with Gasteiger partial charge in [0.25, 0.3) is 0 Å². The molecule has 0 amide bonds. The van der Waals surface area contributed by atoms with E-state index in [1.54, 1.807) is 0 Å². The highest BCUT2D eigenvalue weighted by Crippen LogP contribution is 2.35. The second-order valence-corrected chi connectivity index (χ2v) is 5.48. The lowest BCUT2D eigenvalue weighted by Gasteiger charge is -2.21. The summed E-state index contributed by atoms with van der Waals surface area (Å²) >= 11 is 12.3. The van der Waals surface area contributed by atoms with Crippen molar-refractivity contribution in [2.75, 3.05) is 6.54 Å². The molecule has 0 aliphatic heterocycles. The molecule has 17 heavy (non-hydrogen) atoms. The standard InChI is InChI=1S/C14H17Cl2N/c1-9(2)17-8-10-4-3-5-12-11(10)6-7-13(15)14(12)16/h4,6-7,9,17H,3,5,8H2,1-2H3. The molecule has 0 unspecified atom stereocenters. The summed E-state index contributed by atoms with van der Waals surface area (Å²) in [5.41, 5.74) is 3.78. The van der Waals surface area contributed by atoms with Gasteiger partial charge in [-0.3, -0.25) is 0 Å². The van der Waals surface area contributed by atoms with Crippen molar-refractivity contribution in [2.45, 2.75) is 32.7 Å². The van der Waals surface area contributed by atoms with Gasteiger partial charge in [-0.25, -0.2) is 0 Å². The molecule has 0 heterocycles. The lowest BCUT2D eigenvalue weighted by atomic mass is 9.90. The van der Waals surface area contributed by atoms with E-state index in [1.807, 2.05) is 6.07 Å². The van der Waals surface area contributed by atoms with Crippen LogP contribution in [0.25, 0.3) is 5.57 Å². The van der Waals surface area contributed by atoms with E-state index in [2.05, 4.69) is 31.3 Å². The molecule has 0 spiro atoms. The van der Waals surface area contributed by atoms with Crippen molar-refractivity contribution in [3.05, 3.63) is 39.4 Å². The number of fused-ring (bicyclic) bond motifs is 1. The Bertz CT molecular complexity index is 450. The van der Waals surface area contributed by atoms with Crippen molar-refractivity contribution >= 4 is 28.8 Å². The minimum atomic E-state index is 0.490. The molecule has 0 fully saturated rings. The van der Waals surface area contributed by atoms with Gasteiger partial charge in [0.2, 0.25) is 0 Å². The van der Waals surface area contributed by atoms with Crippen molar-refractivity contribution in [1.29, 1.82) is 0 Å². The Morgan fingerprint density at radius 1 is 1.29 bits per heavy atom. The Morgan fingerprint density at radius 2 is 2.06 bits per heavy atom. The lowest BCUT2D eigenvalue weighted by molar-refractivity contribution is 0.636. The van der Waals surface area contributed by atoms with Crippen LogP contribution in [-0.4, -0.2) is 12.6 Å². The first-order chi connectivity index (χ1) is 8.09. The highest BCUT2D eigenvalue weighted by molar-refractivity contribution is 6.42. The molecule has 1 aromatic rings. The van der Waals surface area contributed by atoms with Gasteiger partial charge in [0.1, 0.15) is 0 Å². The Hall–Kier alpha value is -0.500. The molecule has 0 atom stereocenters. The van der Waals surface area contributed by atoms with Gasteiger partial charge < -0.3 is 5.32 Å². The van der Waals surface area contributed by atoms with E-state index in [9.17, 15) is 0 Å². The van der Waals surface area contributed by atoms with Crippen molar-refractivity contribution in [1.82, 2.24) is 5.32 Å². The van der Waals surface area contributed by atoms with Crippen molar-refractivity contribution in [3.63, 3.8) is 0 Å². The third-order valence-electron chi connectivity index (χ3n) is 3.03. The van der Waals surface area contributed by atoms with Crippen LogP contribution in [0, 0.1) is 0 Å². The van der Waals surface area contributed by atoms with Gasteiger partial charge in [-0.1, -0.05) is 49.2 Å². The number of halogens is 2. The normalized spacial score (nSPS) is 14.8. The molecule has 1 aliphatic rings. The Kier molecular flexibility index (Phi) is 4.13. The van der Waals surface area contributed by atoms with Gasteiger partial charge in [-0.05, 0) is 35.6 Å². The average Bonchev–Trinajstić information content (AvgIpc) is 2.31. The van der Waals surface area contributed by atoms with Crippen LogP contribution in [0.15, 0.2) is 18.2 Å². The molecular formula is C14H17Cl2N. The van der Waals surface area contributed by atoms with Crippen LogP contribution in [0.5, 0.6) is 0 Å². The van der Waals surface area contributed by atoms with Crippen molar-refractivity contribution < 1.29 is 0 Å². The summed E-state index contributed by atoms with van der Waals surface area (Å²) in [6, 6.07) is 4.46. The van der Waals surface area contributed by atoms with Gasteiger partial charge >= 0.3 is 0 Å². The highest BCUT2D eigenvalue weighted by Gasteiger charge is 2.16. The zero-order chi connectivity index (χ0) is 12.4. The zero-order valence-electron chi connectivity index (χ0n) is 10.2. The summed E-state index contributed by atoms with van der Waals surface area (Å²) < 4.78 is 0. The number of hydrogen-bond acceptors (Lipinski definition) is 1. The number of rotatable bonds is 3. The smallest absolute Gasteiger partial charge is 0.0630 e. The topological polar surface area (TPSA) is 12.0 Å². The Labute approximate surface area is 113 Å². The van der Waals surface area contributed by atoms with Crippen molar-refractivity contribution in [3.8, 4) is 0 Å². The summed E-state index contributed by atoms with van der Waals surface area (Å²) in [5, 5.41) is 4.82. The van der Waals surface area contributed by atoms with Crippen LogP contribution >= 0.6 is 23.2 Å². The molecule has 92 valence electrons. The summed E-state index contributed by atoms with van der Waals surface area (Å²) in [6.45, 7) is 5.20. The molecular weight excluding hydrogens is 253 g/mol. The van der Waals surface area contributed by atoms with E-state index in [0.29, 0.717) is 11.1 Å². The monoisotopic (exact) mass is 269 g/mol. The number of nitrogens with one attached hydrogen (secondary N) is 1. The third kappa shape index (κ3) is 2.85. The van der Waals surface area contributed by atoms with E-state index in [1.165, 1.54) is 16.7 Å². The first-order valence-corrected chi connectivity index (χ1v) is 6.75. The second kappa shape index (κ2) is 5.43. The lowest BCUT2D eigenvalue weighted by Crippen LogP contribution is -2.25. The van der Waals surface area contributed by atoms with Crippen LogP contribution in [0.2, 0.25) is 10.0 Å². The number of allylic oxidation sites excluding steroid dienone is 1. The van der Waals surface area contributed by atoms with Gasteiger partial charge in [0.15, 0.2) is 0 Å². The SMILES string of the molecule is CC(C)NCC1=CCCc2c1ccc(Cl)c2Cl. The van der Waals surface area contributed by atoms with Crippen LogP contribution < -0.4 is 5.32 Å². The quantitative estimate of drug-likeness (QED) is 0.862. The fourth-order valence-electron chi connectivity index (χ4n) is 2.12. The minimum Gasteiger partial charge on any atom is -0.310 e. The van der Waals surface area contributed by atoms with E-state index in [-0.39, 0.29) is 0 Å². The largest absolute Gasteiger partial charge is 0.310 e. The predicted molar refractivity (Wildman–Crippen MR) is 75.9 cm³/mol. The first-order valence-electron chi connectivity index (χ1n) is 5.99. The molecule has 1 nitrogen and oxygen atoms in total. The summed E-state index contributed by atoms with van der Waals surface area (Å²) in [6.07, 6.45) is 4.32. The maximum Gasteiger partial charge on any atom is 0.0630 e. The Morgan fingerprint density at radius 3 is 2.76 bits per heavy atom. The molecule has 1 N–H and O–H groups in total. The maximum absolute atomic E-state index is 6.26. The highest BCUT2D eigenvalue weighted by atomic mass is 35.5. The van der Waals surface area contributed by atoms with E-state index < -0.39 is 0 Å². The number of benzene rings is 1. The van der Waals surface area contributed by atoms with Crippen molar-refractivity contribution in [2.24, 2.45) is 0 Å². The Balaban J connectivity index is 2.29. The molecule has 3 heteroatoms. The predicted octanol–water partition coefficient (Wildman–Crippen LogP) is 4.32. The summed E-state index contributed by atoms with van der Waals surface area (Å²) in [5.74, 6) is 0. The molecule has 0 radical (unpaired) electrons. The fraction of sp³-hybridized carbons (Fsp3) is 0.429. The maximum atomic E-state index is 6.26. The van der Waals surface area contributed by atoms with Gasteiger partial charge in [0, 0.05) is 12.6 Å². The molecule has 0 saturated heterocycles. The van der Waals surface area contributed by atoms with Gasteiger partial charge in [-0.2, -0.15) is 0 Å². The molecule has 0 saturated carbocycles. The third-order valence-corrected chi connectivity index (χ3v) is 3.87. The van der Waals surface area contributed by atoms with Crippen LogP contribution in [0.3, 0.4) is 0 Å². The van der Waals surface area contributed by atoms with E-state index in [0.717, 1.165) is 24.4 Å². The van der Waals surface area contributed by atoms with Crippen LogP contribution in [0.4, 0.5) is 0 Å². The van der Waals surface area contributed by atoms with Gasteiger partial charge in [-0.15, -0.1) is 0 Å².